The molecule has 0 aliphatic heterocycles. The number of pyridine rings is 1. The molecule has 6 aliphatic rings. The maximum atomic E-state index is 12.8. The standard InChI is InChI=1S/C16H17N3O2/c1-21-7-4-2-3-6(18-7)19-14(20)16-11-8-12(16)10-13(16)9(11)15(8,10)5-17/h2-4,8-13H,5,17H2,1H3,(H,18,19,20). The topological polar surface area (TPSA) is 77.2 Å². The summed E-state index contributed by atoms with van der Waals surface area (Å²) in [6.45, 7) is 0.839. The van der Waals surface area contributed by atoms with E-state index in [9.17, 15) is 4.79 Å². The number of anilines is 1. The number of hydrogen-bond acceptors (Lipinski definition) is 4. The summed E-state index contributed by atoms with van der Waals surface area (Å²) < 4.78 is 5.11. The highest BCUT2D eigenvalue weighted by Gasteiger charge is 3.10. The fourth-order valence-corrected chi connectivity index (χ4v) is 7.44. The average molecular weight is 283 g/mol. The molecule has 0 atom stereocenters. The van der Waals surface area contributed by atoms with Crippen LogP contribution in [0.2, 0.25) is 0 Å². The predicted octanol–water partition coefficient (Wildman–Crippen LogP) is 0.725. The number of nitrogens with two attached hydrogens (primary N) is 1. The van der Waals surface area contributed by atoms with Gasteiger partial charge in [-0.25, -0.2) is 0 Å². The Morgan fingerprint density at radius 2 is 1.95 bits per heavy atom. The molecule has 1 aromatic rings. The number of ether oxygens (including phenoxy) is 1. The van der Waals surface area contributed by atoms with E-state index in [1.807, 2.05) is 12.1 Å². The largest absolute Gasteiger partial charge is 0.481 e. The molecule has 3 N–H and O–H groups in total. The van der Waals surface area contributed by atoms with Crippen LogP contribution in [0.1, 0.15) is 0 Å². The lowest BCUT2D eigenvalue weighted by atomic mass is 8.92. The molecule has 108 valence electrons. The lowest BCUT2D eigenvalue weighted by Crippen LogP contribution is -3.11. The van der Waals surface area contributed by atoms with Crippen LogP contribution in [0.25, 0.3) is 0 Å². The second-order valence-electron chi connectivity index (χ2n) is 7.42. The van der Waals surface area contributed by atoms with Crippen LogP contribution in [-0.4, -0.2) is 24.5 Å². The number of hydrogen-bond donors (Lipinski definition) is 2. The molecule has 5 nitrogen and oxygen atoms in total. The minimum absolute atomic E-state index is 0.0400. The van der Waals surface area contributed by atoms with Crippen molar-refractivity contribution in [1.82, 2.24) is 4.98 Å². The molecule has 0 saturated heterocycles. The van der Waals surface area contributed by atoms with Crippen LogP contribution in [-0.2, 0) is 4.79 Å². The van der Waals surface area contributed by atoms with E-state index in [4.69, 9.17) is 10.5 Å². The Morgan fingerprint density at radius 3 is 2.52 bits per heavy atom. The van der Waals surface area contributed by atoms with E-state index in [0.717, 1.165) is 24.3 Å². The molecule has 0 bridgehead atoms. The van der Waals surface area contributed by atoms with Gasteiger partial charge in [-0.1, -0.05) is 6.07 Å². The minimum atomic E-state index is -0.0400. The smallest absolute Gasteiger partial charge is 0.232 e. The van der Waals surface area contributed by atoms with Crippen molar-refractivity contribution >= 4 is 11.7 Å². The molecule has 0 aromatic carbocycles. The van der Waals surface area contributed by atoms with Gasteiger partial charge in [-0.3, -0.25) is 4.79 Å². The van der Waals surface area contributed by atoms with E-state index in [0.29, 0.717) is 34.9 Å². The first-order chi connectivity index (χ1) is 10.2. The number of aromatic nitrogens is 1. The summed E-state index contributed by atoms with van der Waals surface area (Å²) in [7, 11) is 1.58. The van der Waals surface area contributed by atoms with Crippen molar-refractivity contribution < 1.29 is 9.53 Å². The van der Waals surface area contributed by atoms with Gasteiger partial charge in [0.1, 0.15) is 5.82 Å². The highest BCUT2D eigenvalue weighted by molar-refractivity contribution is 6.01. The molecule has 0 unspecified atom stereocenters. The Morgan fingerprint density at radius 1 is 1.29 bits per heavy atom. The Kier molecular flexibility index (Phi) is 1.48. The summed E-state index contributed by atoms with van der Waals surface area (Å²) in [5, 5.41) is 3.02. The third-order valence-corrected chi connectivity index (χ3v) is 7.76. The third-order valence-electron chi connectivity index (χ3n) is 7.76. The van der Waals surface area contributed by atoms with Gasteiger partial charge in [-0.15, -0.1) is 0 Å². The minimum Gasteiger partial charge on any atom is -0.481 e. The maximum absolute atomic E-state index is 12.8. The van der Waals surface area contributed by atoms with Crippen LogP contribution >= 0.6 is 0 Å². The molecule has 6 saturated carbocycles. The fraction of sp³-hybridized carbons (Fsp3) is 0.625. The molecule has 7 rings (SSSR count). The summed E-state index contributed by atoms with van der Waals surface area (Å²) >= 11 is 0. The third kappa shape index (κ3) is 0.709. The number of nitrogens with zero attached hydrogens (tertiary/aromatic N) is 1. The van der Waals surface area contributed by atoms with Crippen molar-refractivity contribution in [2.75, 3.05) is 19.0 Å². The number of nitrogens with one attached hydrogen (secondary N) is 1. The van der Waals surface area contributed by atoms with Gasteiger partial charge in [0.25, 0.3) is 0 Å². The molecule has 0 radical (unpaired) electrons. The number of carbonyl (C=O) groups is 1. The van der Waals surface area contributed by atoms with Gasteiger partial charge >= 0.3 is 0 Å². The van der Waals surface area contributed by atoms with Crippen LogP contribution in [0, 0.1) is 46.3 Å². The van der Waals surface area contributed by atoms with Crippen molar-refractivity contribution in [1.29, 1.82) is 0 Å². The van der Waals surface area contributed by atoms with Crippen LogP contribution in [0.3, 0.4) is 0 Å². The summed E-state index contributed by atoms with van der Waals surface area (Å²) in [6.07, 6.45) is 0. The lowest BCUT2D eigenvalue weighted by molar-refractivity contribution is -0.637. The quantitative estimate of drug-likeness (QED) is 0.854. The number of methoxy groups -OCH3 is 1. The van der Waals surface area contributed by atoms with Crippen LogP contribution < -0.4 is 15.8 Å². The van der Waals surface area contributed by atoms with E-state index in [-0.39, 0.29) is 11.3 Å². The molecule has 1 amide bonds. The van der Waals surface area contributed by atoms with Crippen LogP contribution in [0.4, 0.5) is 5.82 Å². The highest BCUT2D eigenvalue weighted by atomic mass is 16.5. The molecule has 21 heavy (non-hydrogen) atoms. The average Bonchev–Trinajstić information content (AvgIpc) is 2.54. The molecule has 6 aliphatic carbocycles. The molecule has 1 aromatic heterocycles. The molecule has 5 heteroatoms. The first-order valence-corrected chi connectivity index (χ1v) is 7.75. The van der Waals surface area contributed by atoms with Gasteiger partial charge in [-0.2, -0.15) is 4.98 Å². The molecule has 6 fully saturated rings. The van der Waals surface area contributed by atoms with E-state index in [2.05, 4.69) is 10.3 Å². The molecular formula is C16H17N3O2. The van der Waals surface area contributed by atoms with Crippen molar-refractivity contribution in [2.24, 2.45) is 52.1 Å². The Balaban J connectivity index is 1.26. The maximum Gasteiger partial charge on any atom is 0.232 e. The molecular weight excluding hydrogens is 266 g/mol. The van der Waals surface area contributed by atoms with Gasteiger partial charge in [0.2, 0.25) is 11.8 Å². The first-order valence-electron chi connectivity index (χ1n) is 7.75. The first kappa shape index (κ1) is 11.0. The second-order valence-corrected chi connectivity index (χ2v) is 7.42. The zero-order chi connectivity index (χ0) is 14.1. The van der Waals surface area contributed by atoms with Gasteiger partial charge < -0.3 is 15.8 Å². The normalized spacial score (nSPS) is 55.0. The molecule has 0 spiro atoms. The van der Waals surface area contributed by atoms with Crippen LogP contribution in [0.5, 0.6) is 5.88 Å². The van der Waals surface area contributed by atoms with Gasteiger partial charge in [0.05, 0.1) is 12.5 Å². The Hall–Kier alpha value is -1.62. The fourth-order valence-electron chi connectivity index (χ4n) is 7.44. The van der Waals surface area contributed by atoms with E-state index >= 15 is 0 Å². The number of amides is 1. The van der Waals surface area contributed by atoms with Gasteiger partial charge in [-0.05, 0) is 53.5 Å². The zero-order valence-corrected chi connectivity index (χ0v) is 11.7. The summed E-state index contributed by atoms with van der Waals surface area (Å²) in [4.78, 5) is 17.0. The summed E-state index contributed by atoms with van der Waals surface area (Å²) in [6, 6.07) is 5.46. The van der Waals surface area contributed by atoms with Crippen molar-refractivity contribution in [3.05, 3.63) is 18.2 Å². The van der Waals surface area contributed by atoms with Crippen LogP contribution in [0.15, 0.2) is 18.2 Å². The monoisotopic (exact) mass is 283 g/mol. The van der Waals surface area contributed by atoms with Gasteiger partial charge in [0, 0.05) is 6.07 Å². The summed E-state index contributed by atoms with van der Waals surface area (Å²) in [5.41, 5.74) is 6.42. The van der Waals surface area contributed by atoms with Crippen molar-refractivity contribution in [2.45, 2.75) is 0 Å². The SMILES string of the molecule is COc1cccc(NC(=O)C23C4C5C2C2C3C4C52CN)n1. The summed E-state index contributed by atoms with van der Waals surface area (Å²) in [5.74, 6) is 5.53. The Bertz CT molecular complexity index is 662. The van der Waals surface area contributed by atoms with Crippen molar-refractivity contribution in [3.8, 4) is 5.88 Å². The predicted molar refractivity (Wildman–Crippen MR) is 74.3 cm³/mol. The van der Waals surface area contributed by atoms with Gasteiger partial charge in [0.15, 0.2) is 0 Å². The van der Waals surface area contributed by atoms with E-state index in [1.54, 1.807) is 13.2 Å². The molecule has 1 heterocycles. The lowest BCUT2D eigenvalue weighted by Gasteiger charge is -3.10. The zero-order valence-electron chi connectivity index (χ0n) is 11.7. The Labute approximate surface area is 122 Å². The number of rotatable bonds is 4. The van der Waals surface area contributed by atoms with Crippen molar-refractivity contribution in [3.63, 3.8) is 0 Å². The highest BCUT2D eigenvalue weighted by Crippen LogP contribution is 3.10. The van der Waals surface area contributed by atoms with E-state index in [1.165, 1.54) is 0 Å². The second kappa shape index (κ2) is 2.82. The van der Waals surface area contributed by atoms with E-state index < -0.39 is 0 Å². The number of carbonyl (C=O) groups excluding carboxylic acids is 1.